The number of nitrogens with one attached hydrogen (secondary N) is 1. The zero-order valence-corrected chi connectivity index (χ0v) is 23.2. The van der Waals surface area contributed by atoms with Crippen LogP contribution >= 0.6 is 11.6 Å². The number of halogens is 1. The molecule has 0 aliphatic carbocycles. The molecule has 0 spiro atoms. The first-order valence-corrected chi connectivity index (χ1v) is 12.7. The Morgan fingerprint density at radius 3 is 2.59 bits per heavy atom. The van der Waals surface area contributed by atoms with Crippen LogP contribution in [0.4, 0.5) is 10.6 Å². The van der Waals surface area contributed by atoms with Crippen LogP contribution in [0.2, 0.25) is 5.02 Å². The van der Waals surface area contributed by atoms with Gasteiger partial charge in [-0.2, -0.15) is 0 Å². The molecule has 1 saturated heterocycles. The number of nitrogens with zero attached hydrogens (tertiary/aromatic N) is 6. The van der Waals surface area contributed by atoms with Crippen molar-refractivity contribution in [2.45, 2.75) is 52.1 Å². The number of likely N-dealkylation sites (tertiary alicyclic amines) is 1. The molecular formula is C26H34ClN7O3. The van der Waals surface area contributed by atoms with Crippen LogP contribution in [0.25, 0.3) is 16.9 Å². The van der Waals surface area contributed by atoms with Crippen LogP contribution in [0.1, 0.15) is 61.0 Å². The average Bonchev–Trinajstić information content (AvgIpc) is 3.20. The molecule has 4 rings (SSSR count). The lowest BCUT2D eigenvalue weighted by Gasteiger charge is -2.32. The number of carbonyl (C=O) groups excluding carboxylic acids is 2. The largest absolute Gasteiger partial charge is 0.444 e. The average molecular weight is 528 g/mol. The predicted molar refractivity (Wildman–Crippen MR) is 144 cm³/mol. The number of rotatable bonds is 4. The first kappa shape index (κ1) is 26.8. The summed E-state index contributed by atoms with van der Waals surface area (Å²) >= 11 is 6.68. The molecule has 3 aromatic rings. The molecule has 1 aromatic carbocycles. The normalized spacial score (nSPS) is 16.6. The molecule has 10 nitrogen and oxygen atoms in total. The lowest BCUT2D eigenvalue weighted by Crippen LogP contribution is -2.33. The number of fused-ring (bicyclic) bond motifs is 1. The first-order valence-electron chi connectivity index (χ1n) is 12.3. The zero-order chi connectivity index (χ0) is 27.1. The lowest BCUT2D eigenvalue weighted by atomic mass is 9.84. The van der Waals surface area contributed by atoms with Crippen LogP contribution in [0, 0.1) is 6.92 Å². The summed E-state index contributed by atoms with van der Waals surface area (Å²) in [5.41, 5.74) is 3.36. The summed E-state index contributed by atoms with van der Waals surface area (Å²) in [6.07, 6.45) is 4.33. The summed E-state index contributed by atoms with van der Waals surface area (Å²) in [6, 6.07) is 1.94. The summed E-state index contributed by atoms with van der Waals surface area (Å²) in [7, 11) is 5.63. The fourth-order valence-corrected chi connectivity index (χ4v) is 5.04. The minimum atomic E-state index is -0.671. The highest BCUT2D eigenvalue weighted by Gasteiger charge is 2.30. The molecule has 198 valence electrons. The third kappa shape index (κ3) is 5.55. The maximum absolute atomic E-state index is 13.3. The molecule has 1 aliphatic heterocycles. The molecule has 0 bridgehead atoms. The Balaban J connectivity index is 1.85. The van der Waals surface area contributed by atoms with Gasteiger partial charge < -0.3 is 14.5 Å². The molecule has 1 fully saturated rings. The Morgan fingerprint density at radius 2 is 1.95 bits per heavy atom. The minimum absolute atomic E-state index is 0.0407. The van der Waals surface area contributed by atoms with E-state index in [-0.39, 0.29) is 22.7 Å². The molecular weight excluding hydrogens is 494 g/mol. The molecule has 11 heteroatoms. The van der Waals surface area contributed by atoms with Crippen molar-refractivity contribution in [3.8, 4) is 5.82 Å². The number of ether oxygens (including phenoxy) is 1. The molecule has 0 saturated carbocycles. The van der Waals surface area contributed by atoms with Crippen LogP contribution in [-0.4, -0.2) is 81.2 Å². The Bertz CT molecular complexity index is 1350. The van der Waals surface area contributed by atoms with Gasteiger partial charge in [0.2, 0.25) is 0 Å². The molecule has 2 aromatic heterocycles. The van der Waals surface area contributed by atoms with Gasteiger partial charge in [-0.3, -0.25) is 14.7 Å². The van der Waals surface area contributed by atoms with E-state index >= 15 is 0 Å². The number of aromatic nitrogens is 4. The van der Waals surface area contributed by atoms with Gasteiger partial charge in [-0.15, -0.1) is 0 Å². The number of anilines is 1. The van der Waals surface area contributed by atoms with Gasteiger partial charge >= 0.3 is 6.09 Å². The second kappa shape index (κ2) is 10.3. The molecule has 0 radical (unpaired) electrons. The number of aryl methyl sites for hydroxylation is 1. The van der Waals surface area contributed by atoms with Gasteiger partial charge in [0.05, 0.1) is 11.0 Å². The second-order valence-corrected chi connectivity index (χ2v) is 11.1. The Morgan fingerprint density at radius 1 is 1.22 bits per heavy atom. The number of imidazole rings is 1. The van der Waals surface area contributed by atoms with Gasteiger partial charge in [-0.1, -0.05) is 11.6 Å². The Hall–Kier alpha value is -3.24. The molecule has 1 atom stereocenters. The van der Waals surface area contributed by atoms with E-state index in [9.17, 15) is 9.59 Å². The molecule has 1 N–H and O–H groups in total. The highest BCUT2D eigenvalue weighted by Crippen LogP contribution is 2.38. The smallest absolute Gasteiger partial charge is 0.413 e. The van der Waals surface area contributed by atoms with E-state index in [1.807, 2.05) is 13.0 Å². The summed E-state index contributed by atoms with van der Waals surface area (Å²) in [6.45, 7) is 9.14. The molecule has 1 unspecified atom stereocenters. The third-order valence-electron chi connectivity index (χ3n) is 6.35. The van der Waals surface area contributed by atoms with Crippen LogP contribution < -0.4 is 5.32 Å². The van der Waals surface area contributed by atoms with Crippen LogP contribution in [0.5, 0.6) is 0 Å². The first-order chi connectivity index (χ1) is 17.4. The van der Waals surface area contributed by atoms with Gasteiger partial charge in [-0.25, -0.2) is 19.7 Å². The monoisotopic (exact) mass is 527 g/mol. The van der Waals surface area contributed by atoms with E-state index in [0.29, 0.717) is 11.4 Å². The topological polar surface area (TPSA) is 105 Å². The van der Waals surface area contributed by atoms with Crippen molar-refractivity contribution < 1.29 is 14.3 Å². The summed E-state index contributed by atoms with van der Waals surface area (Å²) in [5, 5.41) is 2.75. The SMILES string of the molecule is Cc1cc2c(ncn2-c2ncnc(NC(=O)OC(C)(C)C)c2Cl)c(C2CCCN(C)C2)c1C(=O)N(C)C. The van der Waals surface area contributed by atoms with Crippen molar-refractivity contribution in [3.05, 3.63) is 40.4 Å². The van der Waals surface area contributed by atoms with Gasteiger partial charge in [0.25, 0.3) is 5.91 Å². The number of amides is 2. The quantitative estimate of drug-likeness (QED) is 0.527. The van der Waals surface area contributed by atoms with Crippen molar-refractivity contribution >= 4 is 40.5 Å². The van der Waals surface area contributed by atoms with E-state index in [0.717, 1.165) is 48.1 Å². The van der Waals surface area contributed by atoms with Gasteiger partial charge in [0, 0.05) is 26.2 Å². The number of hydrogen-bond donors (Lipinski definition) is 1. The van der Waals surface area contributed by atoms with Crippen LogP contribution in [0.15, 0.2) is 18.7 Å². The van der Waals surface area contributed by atoms with Crippen molar-refractivity contribution in [2.24, 2.45) is 0 Å². The van der Waals surface area contributed by atoms with Crippen molar-refractivity contribution in [1.82, 2.24) is 29.3 Å². The zero-order valence-electron chi connectivity index (χ0n) is 22.4. The number of likely N-dealkylation sites (N-methyl/N-ethyl adjacent to an activating group) is 1. The van der Waals surface area contributed by atoms with Crippen LogP contribution in [0.3, 0.4) is 0 Å². The van der Waals surface area contributed by atoms with Crippen molar-refractivity contribution in [1.29, 1.82) is 0 Å². The maximum Gasteiger partial charge on any atom is 0.413 e. The maximum atomic E-state index is 13.3. The molecule has 1 aliphatic rings. The summed E-state index contributed by atoms with van der Waals surface area (Å²) in [4.78, 5) is 42.8. The van der Waals surface area contributed by atoms with E-state index in [2.05, 4.69) is 27.2 Å². The fraction of sp³-hybridized carbons (Fsp3) is 0.500. The number of carbonyl (C=O) groups is 2. The van der Waals surface area contributed by atoms with E-state index < -0.39 is 11.7 Å². The van der Waals surface area contributed by atoms with Crippen molar-refractivity contribution in [2.75, 3.05) is 39.5 Å². The molecule has 37 heavy (non-hydrogen) atoms. The fourth-order valence-electron chi connectivity index (χ4n) is 4.80. The Labute approximate surface area is 222 Å². The highest BCUT2D eigenvalue weighted by molar-refractivity contribution is 6.35. The number of benzene rings is 1. The summed E-state index contributed by atoms with van der Waals surface area (Å²) < 4.78 is 7.10. The van der Waals surface area contributed by atoms with E-state index in [1.54, 1.807) is 50.7 Å². The Kier molecular flexibility index (Phi) is 7.43. The standard InChI is InChI=1S/C26H34ClN7O3/c1-15-11-17-21(19(18(15)24(35)32(5)6)16-9-8-10-33(7)12-16)30-14-34(17)23-20(27)22(28-13-29-23)31-25(36)37-26(2,3)4/h11,13-14,16H,8-10,12H2,1-7H3,(H,28,29,31,36). The third-order valence-corrected chi connectivity index (χ3v) is 6.70. The van der Waals surface area contributed by atoms with E-state index in [1.165, 1.54) is 6.33 Å². The van der Waals surface area contributed by atoms with Crippen LogP contribution in [-0.2, 0) is 4.74 Å². The van der Waals surface area contributed by atoms with Gasteiger partial charge in [0.1, 0.15) is 23.3 Å². The van der Waals surface area contributed by atoms with Gasteiger partial charge in [-0.05, 0) is 77.2 Å². The highest BCUT2D eigenvalue weighted by atomic mass is 35.5. The van der Waals surface area contributed by atoms with Gasteiger partial charge in [0.15, 0.2) is 11.6 Å². The van der Waals surface area contributed by atoms with Crippen molar-refractivity contribution in [3.63, 3.8) is 0 Å². The minimum Gasteiger partial charge on any atom is -0.444 e. The lowest BCUT2D eigenvalue weighted by molar-refractivity contribution is 0.0635. The summed E-state index contributed by atoms with van der Waals surface area (Å²) in [5.74, 6) is 0.616. The molecule has 2 amide bonds. The number of piperidine rings is 1. The molecule has 3 heterocycles. The second-order valence-electron chi connectivity index (χ2n) is 10.8. The predicted octanol–water partition coefficient (Wildman–Crippen LogP) is 4.64. The van der Waals surface area contributed by atoms with E-state index in [4.69, 9.17) is 21.3 Å². The number of hydrogen-bond acceptors (Lipinski definition) is 7.